The van der Waals surface area contributed by atoms with Crippen molar-refractivity contribution in [3.05, 3.63) is 93.7 Å². The minimum Gasteiger partial charge on any atom is -0.352 e. The number of halogens is 3. The summed E-state index contributed by atoms with van der Waals surface area (Å²) in [7, 11) is -4.00. The summed E-state index contributed by atoms with van der Waals surface area (Å²) in [4.78, 5) is 12.3. The molecule has 5 nitrogen and oxygen atoms in total. The van der Waals surface area contributed by atoms with Crippen LogP contribution in [0, 0.1) is 5.82 Å². The highest BCUT2D eigenvalue weighted by Crippen LogP contribution is 2.26. The van der Waals surface area contributed by atoms with Crippen LogP contribution in [0.3, 0.4) is 0 Å². The Balaban J connectivity index is 1.69. The van der Waals surface area contributed by atoms with E-state index >= 15 is 0 Å². The van der Waals surface area contributed by atoms with Crippen molar-refractivity contribution in [3.8, 4) is 0 Å². The van der Waals surface area contributed by atoms with Gasteiger partial charge in [-0.25, -0.2) is 12.8 Å². The van der Waals surface area contributed by atoms with Gasteiger partial charge in [0.05, 0.1) is 15.6 Å². The van der Waals surface area contributed by atoms with Gasteiger partial charge in [0.15, 0.2) is 0 Å². The zero-order valence-corrected chi connectivity index (χ0v) is 17.9. The van der Waals surface area contributed by atoms with E-state index in [2.05, 4.69) is 10.0 Å². The highest BCUT2D eigenvalue weighted by atomic mass is 35.5. The van der Waals surface area contributed by atoms with E-state index in [1.807, 2.05) is 18.2 Å². The third-order valence-corrected chi connectivity index (χ3v) is 6.13. The molecule has 0 aliphatic heterocycles. The second-order valence-electron chi connectivity index (χ2n) is 6.39. The molecule has 0 radical (unpaired) electrons. The van der Waals surface area contributed by atoms with Crippen LogP contribution >= 0.6 is 23.2 Å². The summed E-state index contributed by atoms with van der Waals surface area (Å²) in [5.74, 6) is -0.931. The topological polar surface area (TPSA) is 75.3 Å². The number of carbonyl (C=O) groups is 1. The molecular weight excluding hydrogens is 450 g/mol. The quantitative estimate of drug-likeness (QED) is 0.519. The molecule has 0 fully saturated rings. The summed E-state index contributed by atoms with van der Waals surface area (Å²) in [5.41, 5.74) is 1.26. The molecule has 0 aliphatic rings. The maximum atomic E-state index is 13.1. The summed E-state index contributed by atoms with van der Waals surface area (Å²) in [6, 6.07) is 15.9. The molecule has 0 aliphatic carbocycles. The van der Waals surface area contributed by atoms with Gasteiger partial charge in [-0.05, 0) is 66.6 Å². The van der Waals surface area contributed by atoms with Gasteiger partial charge < -0.3 is 5.32 Å². The molecule has 3 rings (SSSR count). The Labute approximate surface area is 183 Å². The molecule has 156 valence electrons. The van der Waals surface area contributed by atoms with E-state index in [4.69, 9.17) is 23.2 Å². The lowest BCUT2D eigenvalue weighted by Crippen LogP contribution is -2.26. The van der Waals surface area contributed by atoms with Crippen LogP contribution in [-0.4, -0.2) is 20.9 Å². The van der Waals surface area contributed by atoms with Crippen LogP contribution in [0.25, 0.3) is 0 Å². The molecule has 0 aromatic heterocycles. The Hall–Kier alpha value is -2.61. The van der Waals surface area contributed by atoms with Gasteiger partial charge in [0.25, 0.3) is 15.9 Å². The first-order valence-corrected chi connectivity index (χ1v) is 11.1. The summed E-state index contributed by atoms with van der Waals surface area (Å²) < 4.78 is 40.4. The van der Waals surface area contributed by atoms with Crippen molar-refractivity contribution in [1.29, 1.82) is 0 Å². The number of rotatable bonds is 7. The van der Waals surface area contributed by atoms with Crippen molar-refractivity contribution < 1.29 is 17.6 Å². The van der Waals surface area contributed by atoms with Crippen LogP contribution in [0.5, 0.6) is 0 Å². The van der Waals surface area contributed by atoms with Crippen LogP contribution in [-0.2, 0) is 16.4 Å². The largest absolute Gasteiger partial charge is 0.352 e. The van der Waals surface area contributed by atoms with E-state index in [-0.39, 0.29) is 27.1 Å². The van der Waals surface area contributed by atoms with E-state index in [1.165, 1.54) is 18.2 Å². The second kappa shape index (κ2) is 9.47. The minimum atomic E-state index is -4.00. The van der Waals surface area contributed by atoms with Crippen LogP contribution in [0.15, 0.2) is 71.6 Å². The predicted molar refractivity (Wildman–Crippen MR) is 116 cm³/mol. The second-order valence-corrected chi connectivity index (χ2v) is 8.92. The van der Waals surface area contributed by atoms with E-state index < -0.39 is 15.8 Å². The van der Waals surface area contributed by atoms with E-state index in [9.17, 15) is 17.6 Å². The minimum absolute atomic E-state index is 0.0449. The van der Waals surface area contributed by atoms with Crippen LogP contribution in [0.2, 0.25) is 10.0 Å². The van der Waals surface area contributed by atoms with Crippen molar-refractivity contribution in [2.75, 3.05) is 11.3 Å². The van der Waals surface area contributed by atoms with Crippen LogP contribution in [0.4, 0.5) is 10.1 Å². The predicted octanol–water partition coefficient (Wildman–Crippen LogP) is 4.91. The maximum Gasteiger partial charge on any atom is 0.261 e. The molecule has 3 aromatic rings. The van der Waals surface area contributed by atoms with Gasteiger partial charge in [-0.2, -0.15) is 0 Å². The first-order valence-electron chi connectivity index (χ1n) is 8.85. The SMILES string of the molecule is O=C(NCCc1cccc(Cl)c1)c1ccc(Cl)c(NS(=O)(=O)c2ccc(F)cc2)c1. The van der Waals surface area contributed by atoms with Crippen molar-refractivity contribution in [3.63, 3.8) is 0 Å². The van der Waals surface area contributed by atoms with Gasteiger partial charge in [-0.3, -0.25) is 9.52 Å². The third kappa shape index (κ3) is 5.72. The van der Waals surface area contributed by atoms with E-state index in [0.29, 0.717) is 18.0 Å². The Morgan fingerprint density at radius 3 is 2.40 bits per heavy atom. The lowest BCUT2D eigenvalue weighted by Gasteiger charge is -2.12. The number of sulfonamides is 1. The normalized spacial score (nSPS) is 11.2. The van der Waals surface area contributed by atoms with Gasteiger partial charge in [0.1, 0.15) is 5.82 Å². The Bertz CT molecular complexity index is 1170. The Morgan fingerprint density at radius 2 is 1.70 bits per heavy atom. The molecular formula is C21H17Cl2FN2O3S. The Morgan fingerprint density at radius 1 is 0.967 bits per heavy atom. The highest BCUT2D eigenvalue weighted by molar-refractivity contribution is 7.92. The average Bonchev–Trinajstić information content (AvgIpc) is 2.70. The molecule has 2 N–H and O–H groups in total. The first kappa shape index (κ1) is 22.1. The number of hydrogen-bond donors (Lipinski definition) is 2. The summed E-state index contributed by atoms with van der Waals surface area (Å²) in [6.07, 6.45) is 0.587. The Kier molecular flexibility index (Phi) is 6.97. The van der Waals surface area contributed by atoms with Crippen molar-refractivity contribution >= 4 is 44.8 Å². The number of nitrogens with one attached hydrogen (secondary N) is 2. The lowest BCUT2D eigenvalue weighted by atomic mass is 10.1. The zero-order valence-electron chi connectivity index (χ0n) is 15.5. The maximum absolute atomic E-state index is 13.1. The fourth-order valence-corrected chi connectivity index (χ4v) is 4.18. The fourth-order valence-electron chi connectivity index (χ4n) is 2.68. The monoisotopic (exact) mass is 466 g/mol. The smallest absolute Gasteiger partial charge is 0.261 e. The number of hydrogen-bond acceptors (Lipinski definition) is 3. The van der Waals surface area contributed by atoms with Gasteiger partial charge >= 0.3 is 0 Å². The van der Waals surface area contributed by atoms with Gasteiger partial charge in [-0.1, -0.05) is 35.3 Å². The molecule has 1 amide bonds. The standard InChI is InChI=1S/C21H17Cl2FN2O3S/c22-16-3-1-2-14(12-16)10-11-25-21(27)15-4-9-19(23)20(13-15)26-30(28,29)18-7-5-17(24)6-8-18/h1-9,12-13,26H,10-11H2,(H,25,27). The molecule has 0 spiro atoms. The molecule has 30 heavy (non-hydrogen) atoms. The summed E-state index contributed by atoms with van der Waals surface area (Å²) in [6.45, 7) is 0.373. The number of amides is 1. The lowest BCUT2D eigenvalue weighted by molar-refractivity contribution is 0.0954. The van der Waals surface area contributed by atoms with Crippen molar-refractivity contribution in [2.45, 2.75) is 11.3 Å². The van der Waals surface area contributed by atoms with Gasteiger partial charge in [0, 0.05) is 17.1 Å². The summed E-state index contributed by atoms with van der Waals surface area (Å²) >= 11 is 12.0. The van der Waals surface area contributed by atoms with E-state index in [0.717, 1.165) is 29.8 Å². The van der Waals surface area contributed by atoms with Crippen LogP contribution < -0.4 is 10.0 Å². The molecule has 9 heteroatoms. The van der Waals surface area contributed by atoms with Gasteiger partial charge in [-0.15, -0.1) is 0 Å². The molecule has 0 bridgehead atoms. The number of benzene rings is 3. The van der Waals surface area contributed by atoms with Crippen molar-refractivity contribution in [1.82, 2.24) is 5.32 Å². The van der Waals surface area contributed by atoms with Crippen molar-refractivity contribution in [2.24, 2.45) is 0 Å². The highest BCUT2D eigenvalue weighted by Gasteiger charge is 2.17. The number of carbonyl (C=O) groups excluding carboxylic acids is 1. The van der Waals surface area contributed by atoms with Crippen LogP contribution in [0.1, 0.15) is 15.9 Å². The average molecular weight is 467 g/mol. The molecule has 0 heterocycles. The first-order chi connectivity index (χ1) is 14.2. The summed E-state index contributed by atoms with van der Waals surface area (Å²) in [5, 5.41) is 3.51. The molecule has 0 unspecified atom stereocenters. The molecule has 3 aromatic carbocycles. The molecule has 0 atom stereocenters. The van der Waals surface area contributed by atoms with Gasteiger partial charge in [0.2, 0.25) is 0 Å². The molecule has 0 saturated carbocycles. The third-order valence-electron chi connectivity index (χ3n) is 4.19. The molecule has 0 saturated heterocycles. The zero-order chi connectivity index (χ0) is 21.7. The van der Waals surface area contributed by atoms with E-state index in [1.54, 1.807) is 6.07 Å². The fraction of sp³-hybridized carbons (Fsp3) is 0.0952. The number of anilines is 1.